The van der Waals surface area contributed by atoms with Gasteiger partial charge in [0.1, 0.15) is 5.03 Å². The number of hydrogen-bond acceptors (Lipinski definition) is 5. The largest absolute Gasteiger partial charge is 0.253 e. The summed E-state index contributed by atoms with van der Waals surface area (Å²) in [5.74, 6) is 0. The minimum atomic E-state index is -4.94. The summed E-state index contributed by atoms with van der Waals surface area (Å²) < 4.78 is 34.0. The van der Waals surface area contributed by atoms with Crippen LogP contribution in [0.25, 0.3) is 0 Å². The highest BCUT2D eigenvalue weighted by Crippen LogP contribution is 2.29. The second-order valence-corrected chi connectivity index (χ2v) is 6.12. The number of allylic oxidation sites excluding steroid dienone is 4. The van der Waals surface area contributed by atoms with Crippen molar-refractivity contribution in [2.45, 2.75) is 13.8 Å². The molecule has 0 unspecified atom stereocenters. The minimum absolute atomic E-state index is 0.512. The summed E-state index contributed by atoms with van der Waals surface area (Å²) in [6.07, 6.45) is 3.64. The van der Waals surface area contributed by atoms with Crippen LogP contribution < -0.4 is 24.0 Å². The fourth-order valence-corrected chi connectivity index (χ4v) is 2.22. The number of aliphatic imine (C=N–C) groups is 1. The molecule has 9 heteroatoms. The van der Waals surface area contributed by atoms with Crippen LogP contribution in [0.1, 0.15) is 12.5 Å². The van der Waals surface area contributed by atoms with Crippen molar-refractivity contribution in [2.24, 2.45) is 4.99 Å². The van der Waals surface area contributed by atoms with Gasteiger partial charge >= 0.3 is 0 Å². The Morgan fingerprint density at radius 1 is 1.04 bits per heavy atom. The van der Waals surface area contributed by atoms with E-state index in [1.54, 1.807) is 6.08 Å². The molecule has 0 atom stereocenters. The summed E-state index contributed by atoms with van der Waals surface area (Å²) in [6, 6.07) is 5.69. The number of rotatable bonds is 1. The first-order valence-electron chi connectivity index (χ1n) is 6.13. The van der Waals surface area contributed by atoms with Crippen LogP contribution in [0.5, 0.6) is 0 Å². The maximum absolute atomic E-state index is 8.49. The molecule has 0 fully saturated rings. The molecule has 0 radical (unpaired) electrons. The third kappa shape index (κ3) is 6.80. The SMILES string of the molecule is CC1=CC(=Nc2c(C)cccc2Cl)C=C(Cl)C1=[NH2+].[O-][Cl+3]([O-])([O-])[O-]. The van der Waals surface area contributed by atoms with Crippen molar-refractivity contribution < 1.29 is 34.3 Å². The molecule has 0 bridgehead atoms. The normalized spacial score (nSPS) is 16.5. The van der Waals surface area contributed by atoms with Gasteiger partial charge in [-0.2, -0.15) is 0 Å². The molecule has 1 aromatic carbocycles. The molecule has 2 N–H and O–H groups in total. The molecule has 2 rings (SSSR count). The number of nitrogens with zero attached hydrogens (tertiary/aromatic N) is 1. The van der Waals surface area contributed by atoms with Crippen molar-refractivity contribution in [2.75, 3.05) is 0 Å². The van der Waals surface area contributed by atoms with Crippen molar-refractivity contribution in [3.05, 3.63) is 51.5 Å². The highest BCUT2D eigenvalue weighted by Gasteiger charge is 2.17. The maximum Gasteiger partial charge on any atom is 0.218 e. The van der Waals surface area contributed by atoms with Crippen LogP contribution in [-0.2, 0) is 0 Å². The zero-order chi connectivity index (χ0) is 17.8. The van der Waals surface area contributed by atoms with Gasteiger partial charge in [0.15, 0.2) is 0 Å². The Morgan fingerprint density at radius 3 is 2.09 bits per heavy atom. The highest BCUT2D eigenvalue weighted by atomic mass is 35.7. The summed E-state index contributed by atoms with van der Waals surface area (Å²) >= 11 is 12.2. The Labute approximate surface area is 145 Å². The van der Waals surface area contributed by atoms with E-state index in [1.807, 2.05) is 38.1 Å². The molecule has 23 heavy (non-hydrogen) atoms. The van der Waals surface area contributed by atoms with Crippen LogP contribution in [0.3, 0.4) is 0 Å². The highest BCUT2D eigenvalue weighted by molar-refractivity contribution is 6.48. The fourth-order valence-electron chi connectivity index (χ4n) is 1.70. The van der Waals surface area contributed by atoms with Crippen LogP contribution in [-0.4, -0.2) is 11.4 Å². The van der Waals surface area contributed by atoms with Gasteiger partial charge in [0.2, 0.25) is 5.71 Å². The molecule has 0 heterocycles. The third-order valence-electron chi connectivity index (χ3n) is 2.75. The van der Waals surface area contributed by atoms with Gasteiger partial charge in [0.05, 0.1) is 16.4 Å². The van der Waals surface area contributed by atoms with Gasteiger partial charge in [0, 0.05) is 5.57 Å². The molecule has 0 saturated heterocycles. The van der Waals surface area contributed by atoms with Crippen molar-refractivity contribution in [1.82, 2.24) is 0 Å². The molecule has 0 aliphatic heterocycles. The van der Waals surface area contributed by atoms with Crippen LogP contribution >= 0.6 is 23.2 Å². The predicted octanol–water partition coefficient (Wildman–Crippen LogP) is -1.75. The van der Waals surface area contributed by atoms with E-state index < -0.39 is 10.2 Å². The number of aryl methyl sites for hydroxylation is 1. The van der Waals surface area contributed by atoms with E-state index in [4.69, 9.17) is 47.2 Å². The molecular formula is C14H13Cl3N2O4. The Balaban J connectivity index is 0.000000463. The Hall–Kier alpha value is -1.25. The van der Waals surface area contributed by atoms with E-state index in [1.165, 1.54) is 0 Å². The molecular weight excluding hydrogens is 367 g/mol. The van der Waals surface area contributed by atoms with Gasteiger partial charge in [-0.1, -0.05) is 35.3 Å². The average Bonchev–Trinajstić information content (AvgIpc) is 2.38. The molecule has 1 aliphatic rings. The first-order chi connectivity index (χ1) is 10.5. The van der Waals surface area contributed by atoms with Crippen LogP contribution in [0, 0.1) is 17.2 Å². The topological polar surface area (TPSA) is 130 Å². The number of halogens is 3. The molecule has 0 aromatic heterocycles. The van der Waals surface area contributed by atoms with Crippen molar-refractivity contribution in [1.29, 1.82) is 0 Å². The summed E-state index contributed by atoms with van der Waals surface area (Å²) in [6.45, 7) is 3.87. The van der Waals surface area contributed by atoms with Crippen LogP contribution in [0.15, 0.2) is 45.9 Å². The molecule has 1 aliphatic carbocycles. The molecule has 0 spiro atoms. The van der Waals surface area contributed by atoms with Crippen molar-refractivity contribution in [3.8, 4) is 0 Å². The lowest BCUT2D eigenvalue weighted by molar-refractivity contribution is -2.00. The quantitative estimate of drug-likeness (QED) is 0.580. The molecule has 0 saturated carbocycles. The van der Waals surface area contributed by atoms with Gasteiger partial charge in [-0.25, -0.2) is 23.6 Å². The van der Waals surface area contributed by atoms with Gasteiger partial charge < -0.3 is 0 Å². The van der Waals surface area contributed by atoms with Gasteiger partial charge in [-0.3, -0.25) is 5.41 Å². The number of hydrogen-bond donors (Lipinski definition) is 1. The maximum atomic E-state index is 8.49. The summed E-state index contributed by atoms with van der Waals surface area (Å²) in [7, 11) is -4.94. The van der Waals surface area contributed by atoms with Gasteiger partial charge in [-0.05, 0) is 37.6 Å². The second kappa shape index (κ2) is 8.03. The van der Waals surface area contributed by atoms with Crippen LogP contribution in [0.2, 0.25) is 5.02 Å². The second-order valence-electron chi connectivity index (χ2n) is 4.55. The molecule has 124 valence electrons. The van der Waals surface area contributed by atoms with Crippen molar-refractivity contribution >= 4 is 40.3 Å². The van der Waals surface area contributed by atoms with Crippen molar-refractivity contribution in [3.63, 3.8) is 0 Å². The minimum Gasteiger partial charge on any atom is -0.253 e. The zero-order valence-electron chi connectivity index (χ0n) is 12.2. The zero-order valence-corrected chi connectivity index (χ0v) is 14.4. The summed E-state index contributed by atoms with van der Waals surface area (Å²) in [5, 5.41) is 6.94. The van der Waals surface area contributed by atoms with E-state index in [9.17, 15) is 0 Å². The number of nitrogens with two attached hydrogens (primary N) is 1. The van der Waals surface area contributed by atoms with E-state index in [-0.39, 0.29) is 0 Å². The van der Waals surface area contributed by atoms with E-state index in [2.05, 4.69) is 4.99 Å². The lowest BCUT2D eigenvalue weighted by Crippen LogP contribution is -2.68. The van der Waals surface area contributed by atoms with Gasteiger partial charge in [-0.15, -0.1) is 10.2 Å². The fraction of sp³-hybridized carbons (Fsp3) is 0.143. The monoisotopic (exact) mass is 378 g/mol. The lowest BCUT2D eigenvalue weighted by Gasteiger charge is -2.17. The standard InChI is InChI=1S/C14H12Cl2N2.ClHO4/c1-8-4-3-5-11(15)14(8)18-10-6-9(2)13(17)12(16)7-10;2-1(3,4)5/h3-7,17H,1-2H3;(H,2,3,4,5). The summed E-state index contributed by atoms with van der Waals surface area (Å²) in [5.41, 5.74) is 4.04. The first kappa shape index (κ1) is 19.8. The average molecular weight is 380 g/mol. The van der Waals surface area contributed by atoms with Crippen LogP contribution in [0.4, 0.5) is 5.69 Å². The molecule has 1 aromatic rings. The Kier molecular flexibility index (Phi) is 6.91. The van der Waals surface area contributed by atoms with Gasteiger partial charge in [0.25, 0.3) is 0 Å². The smallest absolute Gasteiger partial charge is 0.218 e. The van der Waals surface area contributed by atoms with E-state index >= 15 is 0 Å². The van der Waals surface area contributed by atoms with E-state index in [0.29, 0.717) is 15.8 Å². The van der Waals surface area contributed by atoms with E-state index in [0.717, 1.165) is 22.5 Å². The Morgan fingerprint density at radius 2 is 1.61 bits per heavy atom. The Bertz CT molecular complexity index is 656. The molecule has 6 nitrogen and oxygen atoms in total. The number of benzene rings is 1. The number of para-hydroxylation sites is 1. The first-order valence-corrected chi connectivity index (χ1v) is 8.12. The third-order valence-corrected chi connectivity index (χ3v) is 3.37. The predicted molar refractivity (Wildman–Crippen MR) is 77.9 cm³/mol. The summed E-state index contributed by atoms with van der Waals surface area (Å²) in [4.78, 5) is 4.53. The lowest BCUT2D eigenvalue weighted by atomic mass is 10.0. The molecule has 0 amide bonds.